The first kappa shape index (κ1) is 23.4. The van der Waals surface area contributed by atoms with Gasteiger partial charge in [-0.3, -0.25) is 14.5 Å². The van der Waals surface area contributed by atoms with E-state index in [-0.39, 0.29) is 18.3 Å². The van der Waals surface area contributed by atoms with E-state index in [9.17, 15) is 9.59 Å². The van der Waals surface area contributed by atoms with Crippen molar-refractivity contribution < 1.29 is 19.1 Å². The molecule has 0 spiro atoms. The van der Waals surface area contributed by atoms with Crippen molar-refractivity contribution >= 4 is 69.0 Å². The fourth-order valence-corrected chi connectivity index (χ4v) is 4.76. The number of esters is 1. The van der Waals surface area contributed by atoms with Gasteiger partial charge in [-0.2, -0.15) is 0 Å². The number of para-hydroxylation sites is 2. The van der Waals surface area contributed by atoms with Crippen LogP contribution < -0.4 is 9.64 Å². The molecule has 0 aliphatic heterocycles. The maximum atomic E-state index is 12.3. The molecule has 1 aromatic heterocycles. The van der Waals surface area contributed by atoms with Gasteiger partial charge in [-0.15, -0.1) is 23.1 Å². The number of benzene rings is 2. The molecular weight excluding hydrogens is 479 g/mol. The quantitative estimate of drug-likeness (QED) is 0.282. The standard InChI is InChI=1S/C21H18Cl2N2O4S2/c1-13(26)25(17-5-3-4-6-18(17)28-2)21-24-15(11-31-21)10-29-20(27)12-30-19-9-14(22)7-8-16(19)23/h3-9,11H,10,12H2,1-2H3. The largest absolute Gasteiger partial charge is 0.495 e. The van der Waals surface area contributed by atoms with Gasteiger partial charge in [0.25, 0.3) is 0 Å². The zero-order chi connectivity index (χ0) is 22.4. The van der Waals surface area contributed by atoms with E-state index in [4.69, 9.17) is 32.7 Å². The summed E-state index contributed by atoms with van der Waals surface area (Å²) in [5.41, 5.74) is 1.13. The summed E-state index contributed by atoms with van der Waals surface area (Å²) in [5, 5.41) is 3.27. The second-order valence-corrected chi connectivity index (χ2v) is 8.87. The molecule has 1 heterocycles. The minimum absolute atomic E-state index is 0.00313. The molecule has 10 heteroatoms. The van der Waals surface area contributed by atoms with Crippen LogP contribution in [0.1, 0.15) is 12.6 Å². The van der Waals surface area contributed by atoms with Gasteiger partial charge in [-0.25, -0.2) is 4.98 Å². The summed E-state index contributed by atoms with van der Waals surface area (Å²) in [6.45, 7) is 1.45. The van der Waals surface area contributed by atoms with Crippen LogP contribution in [0.2, 0.25) is 10.0 Å². The Balaban J connectivity index is 1.63. The zero-order valence-corrected chi connectivity index (χ0v) is 19.8. The molecule has 0 fully saturated rings. The van der Waals surface area contributed by atoms with Gasteiger partial charge in [0.05, 0.1) is 29.3 Å². The van der Waals surface area contributed by atoms with Crippen LogP contribution in [0, 0.1) is 0 Å². The van der Waals surface area contributed by atoms with E-state index in [1.165, 1.54) is 34.9 Å². The van der Waals surface area contributed by atoms with Gasteiger partial charge in [-0.05, 0) is 30.3 Å². The van der Waals surface area contributed by atoms with Crippen LogP contribution in [-0.4, -0.2) is 29.7 Å². The Morgan fingerprint density at radius 3 is 2.71 bits per heavy atom. The minimum atomic E-state index is -0.413. The second kappa shape index (κ2) is 10.9. The highest BCUT2D eigenvalue weighted by atomic mass is 35.5. The number of rotatable bonds is 8. The van der Waals surface area contributed by atoms with Crippen molar-refractivity contribution in [2.75, 3.05) is 17.8 Å². The van der Waals surface area contributed by atoms with Crippen molar-refractivity contribution in [2.24, 2.45) is 0 Å². The summed E-state index contributed by atoms with van der Waals surface area (Å²) >= 11 is 14.6. The van der Waals surface area contributed by atoms with Crippen molar-refractivity contribution in [3.05, 3.63) is 63.6 Å². The number of aromatic nitrogens is 1. The number of hydrogen-bond acceptors (Lipinski definition) is 7. The molecule has 3 aromatic rings. The van der Waals surface area contributed by atoms with Gasteiger partial charge in [0, 0.05) is 22.2 Å². The first-order chi connectivity index (χ1) is 14.9. The van der Waals surface area contributed by atoms with Gasteiger partial charge in [0.2, 0.25) is 5.91 Å². The first-order valence-electron chi connectivity index (χ1n) is 9.00. The first-order valence-corrected chi connectivity index (χ1v) is 11.6. The number of carbonyl (C=O) groups is 2. The molecule has 0 unspecified atom stereocenters. The van der Waals surface area contributed by atoms with E-state index in [1.807, 2.05) is 12.1 Å². The van der Waals surface area contributed by atoms with E-state index in [1.54, 1.807) is 42.8 Å². The molecule has 0 bridgehead atoms. The van der Waals surface area contributed by atoms with Crippen LogP contribution in [0.25, 0.3) is 0 Å². The van der Waals surface area contributed by atoms with Gasteiger partial charge in [0.1, 0.15) is 12.4 Å². The molecule has 0 atom stereocenters. The number of anilines is 2. The van der Waals surface area contributed by atoms with Crippen LogP contribution >= 0.6 is 46.3 Å². The number of halogens is 2. The molecule has 31 heavy (non-hydrogen) atoms. The molecular formula is C21H18Cl2N2O4S2. The Hall–Kier alpha value is -2.26. The van der Waals surface area contributed by atoms with E-state index >= 15 is 0 Å². The second-order valence-electron chi connectivity index (χ2n) is 6.17. The Morgan fingerprint density at radius 2 is 1.97 bits per heavy atom. The van der Waals surface area contributed by atoms with Crippen LogP contribution in [0.4, 0.5) is 10.8 Å². The average Bonchev–Trinajstić information content (AvgIpc) is 3.21. The minimum Gasteiger partial charge on any atom is -0.495 e. The van der Waals surface area contributed by atoms with Crippen LogP contribution in [-0.2, 0) is 20.9 Å². The fourth-order valence-electron chi connectivity index (χ4n) is 2.61. The number of hydrogen-bond donors (Lipinski definition) is 0. The third-order valence-corrected chi connectivity index (χ3v) is 6.57. The fraction of sp³-hybridized carbons (Fsp3) is 0.190. The van der Waals surface area contributed by atoms with E-state index < -0.39 is 5.97 Å². The number of amides is 1. The number of thiazole rings is 1. The monoisotopic (exact) mass is 496 g/mol. The number of nitrogens with zero attached hydrogens (tertiary/aromatic N) is 2. The van der Waals surface area contributed by atoms with Crippen molar-refractivity contribution in [2.45, 2.75) is 18.4 Å². The van der Waals surface area contributed by atoms with Crippen molar-refractivity contribution in [1.29, 1.82) is 0 Å². The lowest BCUT2D eigenvalue weighted by Gasteiger charge is -2.20. The van der Waals surface area contributed by atoms with Crippen molar-refractivity contribution in [3.8, 4) is 5.75 Å². The predicted molar refractivity (Wildman–Crippen MR) is 125 cm³/mol. The molecule has 0 N–H and O–H groups in total. The lowest BCUT2D eigenvalue weighted by atomic mass is 10.2. The van der Waals surface area contributed by atoms with E-state index in [2.05, 4.69) is 4.98 Å². The lowest BCUT2D eigenvalue weighted by molar-refractivity contribution is -0.141. The maximum absolute atomic E-state index is 12.3. The molecule has 0 aliphatic rings. The molecule has 0 saturated carbocycles. The van der Waals surface area contributed by atoms with Gasteiger partial charge in [0.15, 0.2) is 5.13 Å². The molecule has 0 saturated heterocycles. The topological polar surface area (TPSA) is 68.7 Å². The third-order valence-electron chi connectivity index (χ3n) is 3.99. The Kier molecular flexibility index (Phi) is 8.20. The van der Waals surface area contributed by atoms with Crippen LogP contribution in [0.15, 0.2) is 52.7 Å². The summed E-state index contributed by atoms with van der Waals surface area (Å²) in [6.07, 6.45) is 0. The zero-order valence-electron chi connectivity index (χ0n) is 16.6. The lowest BCUT2D eigenvalue weighted by Crippen LogP contribution is -2.23. The van der Waals surface area contributed by atoms with Crippen molar-refractivity contribution in [1.82, 2.24) is 4.98 Å². The summed E-state index contributed by atoms with van der Waals surface area (Å²) in [4.78, 5) is 31.0. The SMILES string of the molecule is COc1ccccc1N(C(C)=O)c1nc(COC(=O)CSc2cc(Cl)ccc2Cl)cs1. The Bertz CT molecular complexity index is 1090. The summed E-state index contributed by atoms with van der Waals surface area (Å²) in [6, 6.07) is 12.2. The highest BCUT2D eigenvalue weighted by molar-refractivity contribution is 8.00. The third kappa shape index (κ3) is 6.13. The number of thioether (sulfide) groups is 1. The van der Waals surface area contributed by atoms with Crippen molar-refractivity contribution in [3.63, 3.8) is 0 Å². The molecule has 3 rings (SSSR count). The normalized spacial score (nSPS) is 10.6. The summed E-state index contributed by atoms with van der Waals surface area (Å²) in [7, 11) is 1.54. The van der Waals surface area contributed by atoms with Crippen LogP contribution in [0.5, 0.6) is 5.75 Å². The van der Waals surface area contributed by atoms with E-state index in [0.717, 1.165) is 0 Å². The maximum Gasteiger partial charge on any atom is 0.316 e. The van der Waals surface area contributed by atoms with Gasteiger partial charge < -0.3 is 9.47 Å². The summed E-state index contributed by atoms with van der Waals surface area (Å²) < 4.78 is 10.7. The van der Waals surface area contributed by atoms with Crippen LogP contribution in [0.3, 0.4) is 0 Å². The highest BCUT2D eigenvalue weighted by Gasteiger charge is 2.21. The highest BCUT2D eigenvalue weighted by Crippen LogP contribution is 2.35. The average molecular weight is 497 g/mol. The van der Waals surface area contributed by atoms with E-state index in [0.29, 0.717) is 37.2 Å². The predicted octanol–water partition coefficient (Wildman–Crippen LogP) is 5.98. The van der Waals surface area contributed by atoms with Gasteiger partial charge >= 0.3 is 5.97 Å². The number of carbonyl (C=O) groups excluding carboxylic acids is 2. The molecule has 0 radical (unpaired) electrons. The number of ether oxygens (including phenoxy) is 2. The molecule has 2 aromatic carbocycles. The molecule has 6 nitrogen and oxygen atoms in total. The molecule has 1 amide bonds. The van der Waals surface area contributed by atoms with Gasteiger partial charge in [-0.1, -0.05) is 35.3 Å². The number of methoxy groups -OCH3 is 1. The smallest absolute Gasteiger partial charge is 0.316 e. The molecule has 0 aliphatic carbocycles. The summed E-state index contributed by atoms with van der Waals surface area (Å²) in [5.74, 6) is 0.0104. The Labute approximate surface area is 198 Å². The Morgan fingerprint density at radius 1 is 1.19 bits per heavy atom. The molecule has 162 valence electrons.